The van der Waals surface area contributed by atoms with Crippen molar-refractivity contribution in [3.05, 3.63) is 83.9 Å². The van der Waals surface area contributed by atoms with Crippen LogP contribution in [0.3, 0.4) is 0 Å². The van der Waals surface area contributed by atoms with Crippen molar-refractivity contribution in [1.29, 1.82) is 0 Å². The molecule has 0 aliphatic carbocycles. The molecule has 0 atom stereocenters. The zero-order valence-corrected chi connectivity index (χ0v) is 20.8. The number of hydrogen-bond acceptors (Lipinski definition) is 0. The van der Waals surface area contributed by atoms with Gasteiger partial charge in [-0.3, -0.25) is 0 Å². The van der Waals surface area contributed by atoms with Crippen LogP contribution in [0, 0.1) is 17.6 Å². The molecule has 0 unspecified atom stereocenters. The Hall–Kier alpha value is -2.26. The minimum absolute atomic E-state index is 0.0309. The summed E-state index contributed by atoms with van der Waals surface area (Å²) >= 11 is 0. The number of benzene rings is 3. The molecule has 0 N–H and O–H groups in total. The number of unbranched alkanes of at least 4 members (excludes halogenated alkanes) is 2. The molecule has 0 bridgehead atoms. The molecule has 33 heavy (non-hydrogen) atoms. The van der Waals surface area contributed by atoms with Crippen LogP contribution in [0.2, 0.25) is 18.1 Å². The van der Waals surface area contributed by atoms with Crippen molar-refractivity contribution in [2.24, 2.45) is 5.92 Å². The molecule has 0 aromatic heterocycles. The van der Waals surface area contributed by atoms with Crippen molar-refractivity contribution in [3.8, 4) is 22.3 Å². The summed E-state index contributed by atoms with van der Waals surface area (Å²) in [6, 6.07) is 25.7. The summed E-state index contributed by atoms with van der Waals surface area (Å²) in [5.41, 5.74) is 5.33. The minimum Gasteiger partial charge on any atom is -0.204 e. The van der Waals surface area contributed by atoms with E-state index in [4.69, 9.17) is 0 Å². The fourth-order valence-electron chi connectivity index (χ4n) is 5.01. The first kappa shape index (κ1) is 23.9. The minimum atomic E-state index is -0.813. The van der Waals surface area contributed by atoms with Gasteiger partial charge in [-0.25, -0.2) is 8.78 Å². The van der Waals surface area contributed by atoms with Crippen LogP contribution in [-0.2, 0) is 6.42 Å². The van der Waals surface area contributed by atoms with E-state index in [-0.39, 0.29) is 8.80 Å². The molecule has 1 aliphatic heterocycles. The van der Waals surface area contributed by atoms with E-state index in [1.54, 1.807) is 24.2 Å². The number of halogens is 2. The van der Waals surface area contributed by atoms with Gasteiger partial charge in [0.2, 0.25) is 0 Å². The monoisotopic (exact) mass is 461 g/mol. The normalized spacial score (nSPS) is 15.1. The van der Waals surface area contributed by atoms with Crippen LogP contribution in [0.1, 0.15) is 51.0 Å². The van der Waals surface area contributed by atoms with E-state index in [1.165, 1.54) is 68.2 Å². The zero-order valence-electron chi connectivity index (χ0n) is 19.8. The summed E-state index contributed by atoms with van der Waals surface area (Å²) in [5.74, 6) is -0.700. The number of hydrogen-bond donors (Lipinski definition) is 0. The predicted molar refractivity (Wildman–Crippen MR) is 138 cm³/mol. The summed E-state index contributed by atoms with van der Waals surface area (Å²) < 4.78 is 26.7. The second kappa shape index (κ2) is 11.7. The standard InChI is InChI=1S/C30H35F2Si/c1-2-3-4-19-33-20-17-24(18-21-33)6-5-23-7-9-25(10-8-23)26-11-13-27(14-12-26)28-15-16-29(31)30(32)22-28/h7-16,22,24H,2-6,17-21H2,1H3. The Morgan fingerprint density at radius 3 is 1.91 bits per heavy atom. The van der Waals surface area contributed by atoms with Crippen molar-refractivity contribution in [3.63, 3.8) is 0 Å². The molecule has 0 spiro atoms. The lowest BCUT2D eigenvalue weighted by molar-refractivity contribution is 0.437. The lowest BCUT2D eigenvalue weighted by atomic mass is 9.93. The van der Waals surface area contributed by atoms with Crippen molar-refractivity contribution >= 4 is 8.80 Å². The highest BCUT2D eigenvalue weighted by atomic mass is 28.3. The zero-order chi connectivity index (χ0) is 23.0. The summed E-state index contributed by atoms with van der Waals surface area (Å²) in [6.45, 7) is 2.30. The molecule has 173 valence electrons. The van der Waals surface area contributed by atoms with Crippen LogP contribution in [0.15, 0.2) is 66.7 Å². The Morgan fingerprint density at radius 2 is 1.30 bits per heavy atom. The second-order valence-corrected chi connectivity index (χ2v) is 12.6. The smallest absolute Gasteiger partial charge is 0.159 e. The summed E-state index contributed by atoms with van der Waals surface area (Å²) in [5, 5.41) is 0. The first-order chi connectivity index (χ1) is 16.1. The molecule has 1 heterocycles. The lowest BCUT2D eigenvalue weighted by Gasteiger charge is -2.27. The Kier molecular flexibility index (Phi) is 8.50. The highest BCUT2D eigenvalue weighted by molar-refractivity contribution is 6.58. The Balaban J connectivity index is 1.27. The molecule has 1 radical (unpaired) electrons. The van der Waals surface area contributed by atoms with Gasteiger partial charge in [0.25, 0.3) is 0 Å². The van der Waals surface area contributed by atoms with Crippen LogP contribution in [0.5, 0.6) is 0 Å². The predicted octanol–water partition coefficient (Wildman–Crippen LogP) is 9.33. The molecule has 1 aliphatic rings. The van der Waals surface area contributed by atoms with Gasteiger partial charge in [-0.2, -0.15) is 0 Å². The highest BCUT2D eigenvalue weighted by Gasteiger charge is 2.21. The van der Waals surface area contributed by atoms with E-state index in [1.807, 2.05) is 24.3 Å². The maximum absolute atomic E-state index is 13.5. The molecule has 4 rings (SSSR count). The molecule has 3 heteroatoms. The molecular formula is C30H35F2Si. The number of rotatable bonds is 9. The third-order valence-corrected chi connectivity index (χ3v) is 10.3. The van der Waals surface area contributed by atoms with Gasteiger partial charge >= 0.3 is 0 Å². The molecule has 0 nitrogen and oxygen atoms in total. The SMILES string of the molecule is CCCCC[Si]1CCC(CCc2ccc(-c3ccc(-c4ccc(F)c(F)c4)cc3)cc2)CC1. The lowest BCUT2D eigenvalue weighted by Crippen LogP contribution is -2.21. The van der Waals surface area contributed by atoms with E-state index >= 15 is 0 Å². The number of aryl methyl sites for hydroxylation is 1. The van der Waals surface area contributed by atoms with Crippen molar-refractivity contribution in [1.82, 2.24) is 0 Å². The molecule has 1 fully saturated rings. The summed E-state index contributed by atoms with van der Waals surface area (Å²) in [6.07, 6.45) is 9.66. The molecule has 1 saturated heterocycles. The van der Waals surface area contributed by atoms with Gasteiger partial charge in [0.1, 0.15) is 0 Å². The highest BCUT2D eigenvalue weighted by Crippen LogP contribution is 2.32. The molecule has 3 aromatic rings. The molecule has 3 aromatic carbocycles. The van der Waals surface area contributed by atoms with E-state index < -0.39 is 11.6 Å². The average molecular weight is 462 g/mol. The average Bonchev–Trinajstić information content (AvgIpc) is 2.86. The quantitative estimate of drug-likeness (QED) is 0.220. The third kappa shape index (κ3) is 6.63. The van der Waals surface area contributed by atoms with Crippen LogP contribution in [0.25, 0.3) is 22.3 Å². The van der Waals surface area contributed by atoms with Gasteiger partial charge in [0.05, 0.1) is 0 Å². The van der Waals surface area contributed by atoms with Gasteiger partial charge in [0, 0.05) is 8.80 Å². The van der Waals surface area contributed by atoms with E-state index in [0.717, 1.165) is 17.0 Å². The van der Waals surface area contributed by atoms with Crippen molar-refractivity contribution < 1.29 is 8.78 Å². The van der Waals surface area contributed by atoms with Gasteiger partial charge < -0.3 is 0 Å². The topological polar surface area (TPSA) is 0 Å². The van der Waals surface area contributed by atoms with Crippen molar-refractivity contribution in [2.75, 3.05) is 0 Å². The Labute approximate surface area is 199 Å². The van der Waals surface area contributed by atoms with E-state index in [2.05, 4.69) is 31.2 Å². The summed E-state index contributed by atoms with van der Waals surface area (Å²) in [7, 11) is -0.0309. The van der Waals surface area contributed by atoms with Crippen LogP contribution in [0.4, 0.5) is 8.78 Å². The molecule has 0 amide bonds. The second-order valence-electron chi connectivity index (χ2n) is 9.59. The Bertz CT molecular complexity index is 1000. The first-order valence-corrected chi connectivity index (χ1v) is 14.7. The van der Waals surface area contributed by atoms with Gasteiger partial charge in [0.15, 0.2) is 11.6 Å². The van der Waals surface area contributed by atoms with Gasteiger partial charge in [-0.1, -0.05) is 112 Å². The van der Waals surface area contributed by atoms with Crippen LogP contribution in [-0.4, -0.2) is 8.80 Å². The maximum atomic E-state index is 13.5. The fourth-order valence-corrected chi connectivity index (χ4v) is 8.15. The van der Waals surface area contributed by atoms with Crippen LogP contribution < -0.4 is 0 Å². The van der Waals surface area contributed by atoms with Crippen molar-refractivity contribution in [2.45, 2.75) is 70.0 Å². The third-order valence-electron chi connectivity index (χ3n) is 7.21. The largest absolute Gasteiger partial charge is 0.204 e. The van der Waals surface area contributed by atoms with Crippen LogP contribution >= 0.6 is 0 Å². The Morgan fingerprint density at radius 1 is 0.727 bits per heavy atom. The maximum Gasteiger partial charge on any atom is 0.159 e. The fraction of sp³-hybridized carbons (Fsp3) is 0.400. The first-order valence-electron chi connectivity index (χ1n) is 12.6. The van der Waals surface area contributed by atoms with Gasteiger partial charge in [-0.05, 0) is 58.7 Å². The molecule has 0 saturated carbocycles. The van der Waals surface area contributed by atoms with E-state index in [0.29, 0.717) is 5.56 Å². The van der Waals surface area contributed by atoms with E-state index in [9.17, 15) is 8.78 Å². The van der Waals surface area contributed by atoms with Gasteiger partial charge in [-0.15, -0.1) is 0 Å². The summed E-state index contributed by atoms with van der Waals surface area (Å²) in [4.78, 5) is 0. The molecular weight excluding hydrogens is 426 g/mol.